The molecule has 1 atom stereocenters. The second-order valence-electron chi connectivity index (χ2n) is 1.39. The van der Waals surface area contributed by atoms with Crippen LogP contribution < -0.4 is 0 Å². The molecule has 1 N–H and O–H groups in total. The van der Waals surface area contributed by atoms with Crippen LogP contribution in [-0.2, 0) is 0 Å². The molecular formula is C3H4Br2N4. The monoisotopic (exact) mass is 254 g/mol. The van der Waals surface area contributed by atoms with Crippen molar-refractivity contribution in [2.45, 2.75) is 4.83 Å². The molecule has 0 aliphatic carbocycles. The molecule has 9 heavy (non-hydrogen) atoms. The summed E-state index contributed by atoms with van der Waals surface area (Å²) in [5.41, 5.74) is 0. The van der Waals surface area contributed by atoms with Crippen molar-refractivity contribution < 1.29 is 0 Å². The van der Waals surface area contributed by atoms with E-state index < -0.39 is 0 Å². The topological polar surface area (TPSA) is 54.5 Å². The van der Waals surface area contributed by atoms with Gasteiger partial charge in [-0.25, -0.2) is 0 Å². The van der Waals surface area contributed by atoms with Gasteiger partial charge in [0.15, 0.2) is 5.82 Å². The normalized spacial score (nSPS) is 13.6. The maximum absolute atomic E-state index is 3.76. The molecule has 0 radical (unpaired) electrons. The van der Waals surface area contributed by atoms with Crippen molar-refractivity contribution in [3.63, 3.8) is 0 Å². The highest BCUT2D eigenvalue weighted by Gasteiger charge is 2.08. The highest BCUT2D eigenvalue weighted by Crippen LogP contribution is 2.19. The molecule has 0 saturated carbocycles. The molecule has 1 rings (SSSR count). The number of hydrogen-bond acceptors (Lipinski definition) is 3. The number of halogens is 2. The summed E-state index contributed by atoms with van der Waals surface area (Å²) in [6, 6.07) is 0. The summed E-state index contributed by atoms with van der Waals surface area (Å²) < 4.78 is 0. The zero-order valence-electron chi connectivity index (χ0n) is 4.38. The van der Waals surface area contributed by atoms with Gasteiger partial charge in [-0.15, -0.1) is 10.2 Å². The van der Waals surface area contributed by atoms with Gasteiger partial charge in [0, 0.05) is 5.33 Å². The van der Waals surface area contributed by atoms with E-state index in [2.05, 4.69) is 52.5 Å². The number of hydrogen-bond donors (Lipinski definition) is 1. The van der Waals surface area contributed by atoms with Crippen molar-refractivity contribution in [1.29, 1.82) is 0 Å². The van der Waals surface area contributed by atoms with Crippen LogP contribution in [0.4, 0.5) is 0 Å². The van der Waals surface area contributed by atoms with E-state index in [1.54, 1.807) is 0 Å². The Morgan fingerprint density at radius 3 is 2.89 bits per heavy atom. The number of tetrazole rings is 1. The Hall–Kier alpha value is 0.0300. The molecule has 1 aromatic heterocycles. The minimum atomic E-state index is 0.149. The van der Waals surface area contributed by atoms with Crippen molar-refractivity contribution in [1.82, 2.24) is 20.6 Å². The highest BCUT2D eigenvalue weighted by atomic mass is 79.9. The number of H-pyrrole nitrogens is 1. The molecule has 0 saturated heterocycles. The van der Waals surface area contributed by atoms with Crippen LogP contribution in [0, 0.1) is 0 Å². The first-order valence-corrected chi connectivity index (χ1v) is 4.31. The summed E-state index contributed by atoms with van der Waals surface area (Å²) in [4.78, 5) is 0.149. The summed E-state index contributed by atoms with van der Waals surface area (Å²) in [5, 5.41) is 14.1. The van der Waals surface area contributed by atoms with Crippen LogP contribution in [0.5, 0.6) is 0 Å². The molecule has 0 fully saturated rings. The lowest BCUT2D eigenvalue weighted by molar-refractivity contribution is 0.881. The molecule has 0 spiro atoms. The molecule has 0 bridgehead atoms. The number of nitrogens with one attached hydrogen (secondary N) is 1. The van der Waals surface area contributed by atoms with Crippen molar-refractivity contribution in [2.75, 3.05) is 5.33 Å². The van der Waals surface area contributed by atoms with Gasteiger partial charge in [0.05, 0.1) is 4.83 Å². The standard InChI is InChI=1S/C3H4Br2N4/c4-1-2(5)3-6-8-9-7-3/h2H,1H2,(H,6,7,8,9). The van der Waals surface area contributed by atoms with Crippen molar-refractivity contribution in [3.05, 3.63) is 5.82 Å². The van der Waals surface area contributed by atoms with Crippen LogP contribution in [-0.4, -0.2) is 26.0 Å². The van der Waals surface area contributed by atoms with E-state index in [1.165, 1.54) is 0 Å². The van der Waals surface area contributed by atoms with E-state index in [-0.39, 0.29) is 4.83 Å². The Labute approximate surface area is 68.7 Å². The summed E-state index contributed by atoms with van der Waals surface area (Å²) in [6.45, 7) is 0. The molecule has 1 heterocycles. The van der Waals surface area contributed by atoms with E-state index in [0.29, 0.717) is 5.82 Å². The minimum Gasteiger partial charge on any atom is -0.177 e. The number of rotatable bonds is 2. The molecule has 4 nitrogen and oxygen atoms in total. The van der Waals surface area contributed by atoms with Crippen LogP contribution in [0.25, 0.3) is 0 Å². The second kappa shape index (κ2) is 3.26. The lowest BCUT2D eigenvalue weighted by Crippen LogP contribution is -1.92. The first-order chi connectivity index (χ1) is 4.34. The summed E-state index contributed by atoms with van der Waals surface area (Å²) in [5.74, 6) is 0.673. The summed E-state index contributed by atoms with van der Waals surface area (Å²) in [6.07, 6.45) is 0. The average Bonchev–Trinajstić information content (AvgIpc) is 2.37. The van der Waals surface area contributed by atoms with E-state index in [0.717, 1.165) is 5.33 Å². The van der Waals surface area contributed by atoms with Gasteiger partial charge in [0.2, 0.25) is 0 Å². The number of aromatic nitrogens is 4. The fourth-order valence-corrected chi connectivity index (χ4v) is 0.855. The minimum absolute atomic E-state index is 0.149. The van der Waals surface area contributed by atoms with Gasteiger partial charge in [-0.2, -0.15) is 5.21 Å². The molecule has 1 aromatic rings. The highest BCUT2D eigenvalue weighted by molar-refractivity contribution is 9.12. The first kappa shape index (κ1) is 7.14. The summed E-state index contributed by atoms with van der Waals surface area (Å²) >= 11 is 6.60. The predicted octanol–water partition coefficient (Wildman–Crippen LogP) is 1.03. The molecule has 0 aromatic carbocycles. The quantitative estimate of drug-likeness (QED) is 0.804. The Bertz CT molecular complexity index is 162. The Morgan fingerprint density at radius 1 is 1.67 bits per heavy atom. The van der Waals surface area contributed by atoms with E-state index in [4.69, 9.17) is 0 Å². The second-order valence-corrected chi connectivity index (χ2v) is 3.14. The van der Waals surface area contributed by atoms with E-state index in [1.807, 2.05) is 0 Å². The van der Waals surface area contributed by atoms with Crippen LogP contribution in [0.1, 0.15) is 10.7 Å². The van der Waals surface area contributed by atoms with E-state index >= 15 is 0 Å². The lowest BCUT2D eigenvalue weighted by atomic mass is 10.5. The van der Waals surface area contributed by atoms with Crippen LogP contribution in [0.2, 0.25) is 0 Å². The molecule has 0 aliphatic rings. The van der Waals surface area contributed by atoms with Gasteiger partial charge in [-0.1, -0.05) is 37.1 Å². The lowest BCUT2D eigenvalue weighted by Gasteiger charge is -1.94. The number of alkyl halides is 2. The molecule has 6 heteroatoms. The van der Waals surface area contributed by atoms with Crippen LogP contribution in [0.15, 0.2) is 0 Å². The third kappa shape index (κ3) is 1.72. The van der Waals surface area contributed by atoms with Crippen molar-refractivity contribution in [3.8, 4) is 0 Å². The molecule has 1 unspecified atom stereocenters. The fraction of sp³-hybridized carbons (Fsp3) is 0.667. The van der Waals surface area contributed by atoms with Gasteiger partial charge >= 0.3 is 0 Å². The molecular weight excluding hydrogens is 252 g/mol. The fourth-order valence-electron chi connectivity index (χ4n) is 0.371. The Balaban J connectivity index is 2.65. The van der Waals surface area contributed by atoms with E-state index in [9.17, 15) is 0 Å². The predicted molar refractivity (Wildman–Crippen MR) is 39.6 cm³/mol. The first-order valence-electron chi connectivity index (χ1n) is 2.28. The Morgan fingerprint density at radius 2 is 2.44 bits per heavy atom. The number of nitrogens with zero attached hydrogens (tertiary/aromatic N) is 3. The molecule has 0 aliphatic heterocycles. The van der Waals surface area contributed by atoms with Gasteiger partial charge < -0.3 is 0 Å². The van der Waals surface area contributed by atoms with Crippen molar-refractivity contribution >= 4 is 31.9 Å². The average molecular weight is 256 g/mol. The van der Waals surface area contributed by atoms with Crippen molar-refractivity contribution in [2.24, 2.45) is 0 Å². The van der Waals surface area contributed by atoms with Gasteiger partial charge in [-0.3, -0.25) is 0 Å². The van der Waals surface area contributed by atoms with Gasteiger partial charge in [0.25, 0.3) is 0 Å². The SMILES string of the molecule is BrCC(Br)c1nn[nH]n1. The maximum atomic E-state index is 3.76. The van der Waals surface area contributed by atoms with Gasteiger partial charge in [0.1, 0.15) is 0 Å². The zero-order valence-corrected chi connectivity index (χ0v) is 7.55. The zero-order chi connectivity index (χ0) is 6.69. The largest absolute Gasteiger partial charge is 0.188 e. The Kier molecular flexibility index (Phi) is 2.59. The third-order valence-electron chi connectivity index (χ3n) is 0.777. The molecule has 0 amide bonds. The third-order valence-corrected chi connectivity index (χ3v) is 3.03. The molecule has 50 valence electrons. The summed E-state index contributed by atoms with van der Waals surface area (Å²) in [7, 11) is 0. The number of aromatic amines is 1. The maximum Gasteiger partial charge on any atom is 0.188 e. The smallest absolute Gasteiger partial charge is 0.177 e. The van der Waals surface area contributed by atoms with Gasteiger partial charge in [-0.05, 0) is 0 Å². The van der Waals surface area contributed by atoms with Crippen LogP contribution >= 0.6 is 31.9 Å². The van der Waals surface area contributed by atoms with Crippen LogP contribution in [0.3, 0.4) is 0 Å².